The molecule has 0 aliphatic rings. The minimum atomic E-state index is -2.85. The van der Waals surface area contributed by atoms with Crippen molar-refractivity contribution in [3.63, 3.8) is 0 Å². The molecule has 0 aliphatic heterocycles. The quantitative estimate of drug-likeness (QED) is 0.849. The molecule has 0 atom stereocenters. The van der Waals surface area contributed by atoms with Crippen LogP contribution in [0.2, 0.25) is 0 Å². The van der Waals surface area contributed by atoms with Gasteiger partial charge in [-0.05, 0) is 33.6 Å². The summed E-state index contributed by atoms with van der Waals surface area (Å²) in [6.45, 7) is 0. The van der Waals surface area contributed by atoms with Crippen molar-refractivity contribution in [2.24, 2.45) is 0 Å². The number of alkyl halides is 2. The van der Waals surface area contributed by atoms with Crippen LogP contribution in [-0.2, 0) is 0 Å². The Labute approximate surface area is 90.2 Å². The maximum atomic E-state index is 12.3. The number of aromatic nitrogens is 1. The molecule has 0 saturated heterocycles. The average Bonchev–Trinajstić information content (AvgIpc) is 2.08. The molecule has 0 amide bonds. The predicted octanol–water partition coefficient (Wildman–Crippen LogP) is 2.45. The summed E-state index contributed by atoms with van der Waals surface area (Å²) in [4.78, 5) is 23.7. The Hall–Kier alpha value is -0.750. The molecule has 0 saturated carbocycles. The Balaban J connectivity index is 3.43. The van der Waals surface area contributed by atoms with Crippen LogP contribution in [0.25, 0.3) is 0 Å². The smallest absolute Gasteiger partial charge is 0.268 e. The van der Waals surface area contributed by atoms with Gasteiger partial charge in [0.2, 0.25) is 0 Å². The van der Waals surface area contributed by atoms with Crippen molar-refractivity contribution >= 4 is 32.8 Å². The molecule has 76 valence electrons. The van der Waals surface area contributed by atoms with Gasteiger partial charge in [0.15, 0.2) is 0 Å². The van der Waals surface area contributed by atoms with Gasteiger partial charge >= 0.3 is 0 Å². The summed E-state index contributed by atoms with van der Waals surface area (Å²) < 4.78 is 24.3. The molecule has 7 heteroatoms. The zero-order chi connectivity index (χ0) is 10.9. The molecule has 0 spiro atoms. The highest BCUT2D eigenvalue weighted by molar-refractivity contribution is 9.10. The largest absolute Gasteiger partial charge is 0.317 e. The van der Waals surface area contributed by atoms with E-state index in [1.165, 1.54) is 0 Å². The molecule has 1 heterocycles. The van der Waals surface area contributed by atoms with Crippen LogP contribution < -0.4 is 5.56 Å². The second-order valence-corrected chi connectivity index (χ2v) is 3.49. The molecule has 0 aromatic carbocycles. The second kappa shape index (κ2) is 4.18. The number of H-pyrrole nitrogens is 1. The molecule has 0 bridgehead atoms. The summed E-state index contributed by atoms with van der Waals surface area (Å²) >= 11 is 7.72. The van der Waals surface area contributed by atoms with Gasteiger partial charge in [-0.2, -0.15) is 0 Å². The monoisotopic (exact) mass is 285 g/mol. The summed E-state index contributed by atoms with van der Waals surface area (Å²) in [5.74, 6) is 0. The van der Waals surface area contributed by atoms with Crippen LogP contribution >= 0.6 is 27.5 Å². The van der Waals surface area contributed by atoms with E-state index in [1.54, 1.807) is 0 Å². The van der Waals surface area contributed by atoms with E-state index >= 15 is 0 Å². The number of pyridine rings is 1. The Bertz CT molecular complexity index is 432. The first-order valence-corrected chi connectivity index (χ1v) is 4.51. The lowest BCUT2D eigenvalue weighted by Crippen LogP contribution is -2.14. The van der Waals surface area contributed by atoms with Gasteiger partial charge in [0.05, 0.1) is 4.47 Å². The molecule has 0 fully saturated rings. The van der Waals surface area contributed by atoms with Crippen molar-refractivity contribution in [2.45, 2.75) is 6.43 Å². The molecule has 1 rings (SSSR count). The van der Waals surface area contributed by atoms with Gasteiger partial charge in [-0.3, -0.25) is 9.59 Å². The summed E-state index contributed by atoms with van der Waals surface area (Å²) in [7, 11) is 0. The Morgan fingerprint density at radius 3 is 2.57 bits per heavy atom. The van der Waals surface area contributed by atoms with Crippen molar-refractivity contribution in [3.05, 3.63) is 32.2 Å². The van der Waals surface area contributed by atoms with E-state index in [0.717, 1.165) is 6.07 Å². The van der Waals surface area contributed by atoms with Crippen LogP contribution in [0.3, 0.4) is 0 Å². The fraction of sp³-hybridized carbons (Fsp3) is 0.143. The molecule has 14 heavy (non-hydrogen) atoms. The van der Waals surface area contributed by atoms with Crippen molar-refractivity contribution in [3.8, 4) is 0 Å². The molecule has 0 aliphatic carbocycles. The van der Waals surface area contributed by atoms with Gasteiger partial charge in [0.25, 0.3) is 17.2 Å². The lowest BCUT2D eigenvalue weighted by atomic mass is 10.2. The molecule has 1 aromatic heterocycles. The third kappa shape index (κ3) is 2.19. The number of rotatable bonds is 2. The minimum absolute atomic E-state index is 0.297. The third-order valence-electron chi connectivity index (χ3n) is 1.45. The number of aromatic amines is 1. The van der Waals surface area contributed by atoms with Gasteiger partial charge < -0.3 is 4.98 Å². The highest BCUT2D eigenvalue weighted by Gasteiger charge is 2.17. The van der Waals surface area contributed by atoms with Crippen molar-refractivity contribution < 1.29 is 13.6 Å². The van der Waals surface area contributed by atoms with E-state index in [0.29, 0.717) is 0 Å². The van der Waals surface area contributed by atoms with E-state index in [1.807, 2.05) is 0 Å². The summed E-state index contributed by atoms with van der Waals surface area (Å²) in [5, 5.41) is -0.989. The van der Waals surface area contributed by atoms with E-state index in [9.17, 15) is 18.4 Å². The van der Waals surface area contributed by atoms with Gasteiger partial charge in [-0.15, -0.1) is 0 Å². The number of nitrogens with one attached hydrogen (secondary N) is 1. The first kappa shape index (κ1) is 11.3. The van der Waals surface area contributed by atoms with Gasteiger partial charge in [0, 0.05) is 5.56 Å². The molecular weight excluding hydrogens is 283 g/mol. The van der Waals surface area contributed by atoms with Crippen LogP contribution in [-0.4, -0.2) is 10.2 Å². The van der Waals surface area contributed by atoms with Gasteiger partial charge in [-0.25, -0.2) is 8.78 Å². The number of carbonyl (C=O) groups excluding carboxylic acids is 1. The normalized spacial score (nSPS) is 10.6. The average molecular weight is 286 g/mol. The Kier molecular flexibility index (Phi) is 3.38. The molecule has 1 aromatic rings. The van der Waals surface area contributed by atoms with E-state index < -0.39 is 22.8 Å². The Morgan fingerprint density at radius 2 is 2.14 bits per heavy atom. The highest BCUT2D eigenvalue weighted by Crippen LogP contribution is 2.24. The third-order valence-corrected chi connectivity index (χ3v) is 2.47. The molecular formula is C7H3BrClF2NO2. The molecule has 0 radical (unpaired) electrons. The topological polar surface area (TPSA) is 49.9 Å². The number of halogens is 4. The fourth-order valence-corrected chi connectivity index (χ4v) is 1.32. The second-order valence-electron chi connectivity index (χ2n) is 2.36. The van der Waals surface area contributed by atoms with Crippen LogP contribution in [0.5, 0.6) is 0 Å². The lowest BCUT2D eigenvalue weighted by Gasteiger charge is -2.03. The Morgan fingerprint density at radius 1 is 1.57 bits per heavy atom. The van der Waals surface area contributed by atoms with Crippen LogP contribution in [0, 0.1) is 0 Å². The zero-order valence-corrected chi connectivity index (χ0v) is 8.82. The molecule has 3 nitrogen and oxygen atoms in total. The maximum Gasteiger partial charge on any atom is 0.268 e. The van der Waals surface area contributed by atoms with E-state index in [2.05, 4.69) is 20.9 Å². The molecule has 1 N–H and O–H groups in total. The zero-order valence-electron chi connectivity index (χ0n) is 6.48. The first-order valence-electron chi connectivity index (χ1n) is 3.34. The van der Waals surface area contributed by atoms with E-state index in [-0.39, 0.29) is 10.2 Å². The SMILES string of the molecule is O=C(Cl)c1cc(C(F)F)c(Br)c(=O)[nH]1. The van der Waals surface area contributed by atoms with Crippen LogP contribution in [0.4, 0.5) is 8.78 Å². The van der Waals surface area contributed by atoms with Crippen molar-refractivity contribution in [1.82, 2.24) is 4.98 Å². The van der Waals surface area contributed by atoms with Crippen molar-refractivity contribution in [2.75, 3.05) is 0 Å². The lowest BCUT2D eigenvalue weighted by molar-refractivity contribution is 0.107. The van der Waals surface area contributed by atoms with Gasteiger partial charge in [0.1, 0.15) is 5.69 Å². The standard InChI is InChI=1S/C7H3BrClF2NO2/c8-4-2(6(10)11)1-3(5(9)13)12-7(4)14/h1,6H,(H,12,14). The summed E-state index contributed by atoms with van der Waals surface area (Å²) in [6.07, 6.45) is -2.85. The van der Waals surface area contributed by atoms with Crippen molar-refractivity contribution in [1.29, 1.82) is 0 Å². The summed E-state index contributed by atoms with van der Waals surface area (Å²) in [5.41, 5.74) is -1.72. The predicted molar refractivity (Wildman–Crippen MR) is 49.9 cm³/mol. The highest BCUT2D eigenvalue weighted by atomic mass is 79.9. The first-order chi connectivity index (χ1) is 6.43. The number of hydrogen-bond donors (Lipinski definition) is 1. The minimum Gasteiger partial charge on any atom is -0.317 e. The van der Waals surface area contributed by atoms with Crippen LogP contribution in [0.1, 0.15) is 22.5 Å². The van der Waals surface area contributed by atoms with Gasteiger partial charge in [-0.1, -0.05) is 0 Å². The fourth-order valence-electron chi connectivity index (χ4n) is 0.828. The summed E-state index contributed by atoms with van der Waals surface area (Å²) in [6, 6.07) is 0.839. The molecule has 0 unspecified atom stereocenters. The number of hydrogen-bond acceptors (Lipinski definition) is 2. The number of carbonyl (C=O) groups is 1. The van der Waals surface area contributed by atoms with Crippen LogP contribution in [0.15, 0.2) is 15.3 Å². The van der Waals surface area contributed by atoms with E-state index in [4.69, 9.17) is 11.6 Å². The maximum absolute atomic E-state index is 12.3.